The third kappa shape index (κ3) is 5.23. The van der Waals surface area contributed by atoms with Gasteiger partial charge in [-0.3, -0.25) is 14.9 Å². The lowest BCUT2D eigenvalue weighted by atomic mass is 10.2. The molecule has 13 heteroatoms. The molecule has 0 fully saturated rings. The normalized spacial score (nSPS) is 11.4. The van der Waals surface area contributed by atoms with Crippen LogP contribution in [-0.2, 0) is 10.0 Å². The van der Waals surface area contributed by atoms with Crippen LogP contribution in [0.4, 0.5) is 5.69 Å². The molecule has 0 spiro atoms. The van der Waals surface area contributed by atoms with E-state index in [1.807, 2.05) is 12.5 Å². The van der Waals surface area contributed by atoms with Crippen molar-refractivity contribution in [3.63, 3.8) is 0 Å². The third-order valence-corrected chi connectivity index (χ3v) is 7.82. The molecule has 1 heterocycles. The zero-order valence-electron chi connectivity index (χ0n) is 15.2. The number of sulfonamides is 1. The summed E-state index contributed by atoms with van der Waals surface area (Å²) in [6, 6.07) is 3.70. The molecule has 0 aliphatic carbocycles. The molecule has 2 rings (SSSR count). The van der Waals surface area contributed by atoms with Gasteiger partial charge in [0.2, 0.25) is 10.0 Å². The van der Waals surface area contributed by atoms with Gasteiger partial charge >= 0.3 is 0 Å². The van der Waals surface area contributed by atoms with Gasteiger partial charge in [-0.2, -0.15) is 4.37 Å². The summed E-state index contributed by atoms with van der Waals surface area (Å²) in [5, 5.41) is 14.3. The molecule has 0 aliphatic rings. The number of hydrogen-bond acceptors (Lipinski definition) is 9. The van der Waals surface area contributed by atoms with Crippen LogP contribution in [-0.4, -0.2) is 49.2 Å². The van der Waals surface area contributed by atoms with E-state index in [1.54, 1.807) is 0 Å². The van der Waals surface area contributed by atoms with Gasteiger partial charge in [-0.1, -0.05) is 6.07 Å². The Morgan fingerprint density at radius 2 is 2.00 bits per heavy atom. The molecule has 2 N–H and O–H groups in total. The van der Waals surface area contributed by atoms with Crippen LogP contribution < -0.4 is 10.0 Å². The Morgan fingerprint density at radius 3 is 2.61 bits per heavy atom. The van der Waals surface area contributed by atoms with Gasteiger partial charge in [0.15, 0.2) is 0 Å². The summed E-state index contributed by atoms with van der Waals surface area (Å²) in [6.45, 7) is 1.53. The highest BCUT2D eigenvalue weighted by Gasteiger charge is 2.21. The molecule has 1 aromatic carbocycles. The number of benzene rings is 1. The van der Waals surface area contributed by atoms with Crippen molar-refractivity contribution in [3.05, 3.63) is 39.4 Å². The molecule has 2 aromatic rings. The maximum atomic E-state index is 12.4. The third-order valence-electron chi connectivity index (χ3n) is 3.63. The fourth-order valence-corrected chi connectivity index (χ4v) is 5.55. The molecule has 0 atom stereocenters. The Labute approximate surface area is 175 Å². The number of thioether (sulfide) groups is 2. The van der Waals surface area contributed by atoms with E-state index in [0.717, 1.165) is 10.3 Å². The molecule has 152 valence electrons. The highest BCUT2D eigenvalue weighted by atomic mass is 32.2. The summed E-state index contributed by atoms with van der Waals surface area (Å²) in [7, 11) is -3.93. The van der Waals surface area contributed by atoms with Crippen molar-refractivity contribution in [2.24, 2.45) is 0 Å². The van der Waals surface area contributed by atoms with E-state index < -0.39 is 14.9 Å². The zero-order valence-corrected chi connectivity index (χ0v) is 18.5. The lowest BCUT2D eigenvalue weighted by Crippen LogP contribution is -2.35. The molecule has 1 aromatic heterocycles. The first kappa shape index (κ1) is 22.6. The first-order valence-electron chi connectivity index (χ1n) is 7.81. The van der Waals surface area contributed by atoms with Crippen LogP contribution in [0.5, 0.6) is 0 Å². The average Bonchev–Trinajstić information content (AvgIpc) is 3.08. The molecular weight excluding hydrogens is 444 g/mol. The lowest BCUT2D eigenvalue weighted by Gasteiger charge is -2.09. The molecule has 0 unspecified atom stereocenters. The topological polar surface area (TPSA) is 131 Å². The Bertz CT molecular complexity index is 969. The molecule has 9 nitrogen and oxygen atoms in total. The van der Waals surface area contributed by atoms with Crippen LogP contribution in [0.3, 0.4) is 0 Å². The van der Waals surface area contributed by atoms with Crippen LogP contribution in [0.15, 0.2) is 32.3 Å². The van der Waals surface area contributed by atoms with Gasteiger partial charge in [0.25, 0.3) is 11.6 Å². The van der Waals surface area contributed by atoms with Gasteiger partial charge in [0.05, 0.1) is 19.6 Å². The molecular formula is C15H18N4O5S4. The second kappa shape index (κ2) is 9.69. The van der Waals surface area contributed by atoms with E-state index >= 15 is 0 Å². The second-order valence-electron chi connectivity index (χ2n) is 5.42. The number of nitrogens with one attached hydrogen (secondary N) is 2. The summed E-state index contributed by atoms with van der Waals surface area (Å²) in [5.74, 6) is -0.326. The van der Waals surface area contributed by atoms with Crippen molar-refractivity contribution in [2.45, 2.75) is 21.1 Å². The number of carbonyl (C=O) groups is 1. The number of aromatic nitrogens is 1. The molecule has 0 bridgehead atoms. The molecule has 0 saturated heterocycles. The number of amides is 1. The van der Waals surface area contributed by atoms with Crippen molar-refractivity contribution in [3.8, 4) is 0 Å². The average molecular weight is 463 g/mol. The largest absolute Gasteiger partial charge is 0.351 e. The van der Waals surface area contributed by atoms with E-state index in [0.29, 0.717) is 16.2 Å². The highest BCUT2D eigenvalue weighted by Crippen LogP contribution is 2.32. The van der Waals surface area contributed by atoms with Crippen LogP contribution >= 0.6 is 35.1 Å². The Kier molecular flexibility index (Phi) is 7.83. The summed E-state index contributed by atoms with van der Waals surface area (Å²) >= 11 is 4.02. The van der Waals surface area contributed by atoms with Crippen LogP contribution in [0.2, 0.25) is 0 Å². The number of rotatable bonds is 9. The van der Waals surface area contributed by atoms with Gasteiger partial charge in [-0.25, -0.2) is 13.1 Å². The maximum Gasteiger partial charge on any atom is 0.273 e. The molecule has 1 amide bonds. The number of hydrogen-bond donors (Lipinski definition) is 2. The van der Waals surface area contributed by atoms with E-state index in [1.165, 1.54) is 54.1 Å². The molecule has 0 saturated carbocycles. The van der Waals surface area contributed by atoms with Crippen LogP contribution in [0, 0.1) is 17.0 Å². The Balaban J connectivity index is 2.00. The number of aryl methyl sites for hydroxylation is 1. The smallest absolute Gasteiger partial charge is 0.273 e. The van der Waals surface area contributed by atoms with Crippen molar-refractivity contribution in [1.29, 1.82) is 0 Å². The minimum absolute atomic E-state index is 0.0590. The van der Waals surface area contributed by atoms with Gasteiger partial charge in [-0.15, -0.1) is 23.5 Å². The van der Waals surface area contributed by atoms with Crippen LogP contribution in [0.1, 0.15) is 15.9 Å². The van der Waals surface area contributed by atoms with Gasteiger partial charge in [-0.05, 0) is 37.0 Å². The number of carbonyl (C=O) groups excluding carboxylic acids is 1. The summed E-state index contributed by atoms with van der Waals surface area (Å²) in [6.07, 6.45) is 3.67. The fraction of sp³-hybridized carbons (Fsp3) is 0.333. The van der Waals surface area contributed by atoms with Crippen molar-refractivity contribution >= 4 is 56.7 Å². The standard InChI is InChI=1S/C15H18N4O5S4/c1-9-4-5-10(8-11(9)19(21)22)28(23,24)17-7-6-16-13(20)12-14(25-2)18-27-15(12)26-3/h4-5,8,17H,6-7H2,1-3H3,(H,16,20). The van der Waals surface area contributed by atoms with Crippen molar-refractivity contribution in [2.75, 3.05) is 25.6 Å². The first-order valence-corrected chi connectivity index (χ1v) is 12.5. The van der Waals surface area contributed by atoms with Gasteiger partial charge in [0, 0.05) is 24.7 Å². The minimum atomic E-state index is -3.93. The van der Waals surface area contributed by atoms with Crippen molar-refractivity contribution in [1.82, 2.24) is 14.4 Å². The Morgan fingerprint density at radius 1 is 1.29 bits per heavy atom. The predicted molar refractivity (Wildman–Crippen MR) is 111 cm³/mol. The number of nitro benzene ring substituents is 1. The maximum absolute atomic E-state index is 12.4. The van der Waals surface area contributed by atoms with E-state index in [9.17, 15) is 23.3 Å². The van der Waals surface area contributed by atoms with Crippen LogP contribution in [0.25, 0.3) is 0 Å². The second-order valence-corrected chi connectivity index (χ2v) is 9.83. The summed E-state index contributed by atoms with van der Waals surface area (Å²) < 4.78 is 32.0. The SMILES string of the molecule is CSc1nsc(SC)c1C(=O)NCCNS(=O)(=O)c1ccc(C)c([N+](=O)[O-])c1. The number of nitro groups is 1. The zero-order chi connectivity index (χ0) is 20.9. The highest BCUT2D eigenvalue weighted by molar-refractivity contribution is 8.01. The van der Waals surface area contributed by atoms with E-state index in [2.05, 4.69) is 14.4 Å². The van der Waals surface area contributed by atoms with Gasteiger partial charge in [0.1, 0.15) is 5.03 Å². The lowest BCUT2D eigenvalue weighted by molar-refractivity contribution is -0.385. The molecule has 0 radical (unpaired) electrons. The molecule has 28 heavy (non-hydrogen) atoms. The number of nitrogens with zero attached hydrogens (tertiary/aromatic N) is 2. The van der Waals surface area contributed by atoms with E-state index in [-0.39, 0.29) is 29.6 Å². The predicted octanol–water partition coefficient (Wildman–Crippen LogP) is 2.51. The monoisotopic (exact) mass is 462 g/mol. The molecule has 0 aliphatic heterocycles. The quantitative estimate of drug-likeness (QED) is 0.251. The minimum Gasteiger partial charge on any atom is -0.351 e. The Hall–Kier alpha value is -1.67. The van der Waals surface area contributed by atoms with E-state index in [4.69, 9.17) is 0 Å². The first-order chi connectivity index (χ1) is 13.2. The summed E-state index contributed by atoms with van der Waals surface area (Å²) in [4.78, 5) is 22.6. The summed E-state index contributed by atoms with van der Waals surface area (Å²) in [5.41, 5.74) is 0.590. The van der Waals surface area contributed by atoms with Crippen molar-refractivity contribution < 1.29 is 18.1 Å². The van der Waals surface area contributed by atoms with Gasteiger partial charge < -0.3 is 5.32 Å². The fourth-order valence-electron chi connectivity index (χ4n) is 2.22.